The second kappa shape index (κ2) is 24.4. The van der Waals surface area contributed by atoms with Crippen LogP contribution in [0.4, 0.5) is 0 Å². The molecular weight excluding hydrogens is 622 g/mol. The number of nitrogens with zero attached hydrogens (tertiary/aromatic N) is 3. The molecule has 0 radical (unpaired) electrons. The van der Waals surface area contributed by atoms with Crippen molar-refractivity contribution < 1.29 is 19.1 Å². The first kappa shape index (κ1) is 40.9. The molecule has 4 aliphatic rings. The van der Waals surface area contributed by atoms with Crippen LogP contribution >= 0.6 is 0 Å². The molecule has 2 unspecified atom stereocenters. The summed E-state index contributed by atoms with van der Waals surface area (Å²) in [4.78, 5) is 31.5. The standard InChI is InChI=1S/C43H75N3O4/c1-2-3-4-5-6-13-18-30-49-41(47)20-14-9-7-11-16-25-45(27-19-28-46-29-24-44-37-46)26-17-12-8-10-15-21-42(48)50-36-43-23-22-38-31-39(34-43)33-40(32-38)35-43/h24,29,37-40H,2-23,25-28,30-36H2,1H3. The molecule has 2 atom stereocenters. The number of aromatic nitrogens is 2. The quantitative estimate of drug-likeness (QED) is 0.0588. The van der Waals surface area contributed by atoms with Gasteiger partial charge in [0.15, 0.2) is 0 Å². The van der Waals surface area contributed by atoms with Crippen LogP contribution < -0.4 is 0 Å². The fourth-order valence-electron chi connectivity index (χ4n) is 9.61. The zero-order chi connectivity index (χ0) is 35.1. The molecule has 1 aromatic rings. The normalized spacial score (nSPS) is 22.6. The Morgan fingerprint density at radius 1 is 0.700 bits per heavy atom. The second-order valence-electron chi connectivity index (χ2n) is 16.8. The van der Waals surface area contributed by atoms with Gasteiger partial charge in [0.1, 0.15) is 0 Å². The summed E-state index contributed by atoms with van der Waals surface area (Å²) in [7, 11) is 0. The zero-order valence-electron chi connectivity index (χ0n) is 32.3. The van der Waals surface area contributed by atoms with Crippen molar-refractivity contribution in [2.45, 2.75) is 187 Å². The third-order valence-electron chi connectivity index (χ3n) is 12.2. The molecule has 50 heavy (non-hydrogen) atoms. The summed E-state index contributed by atoms with van der Waals surface area (Å²) < 4.78 is 13.6. The van der Waals surface area contributed by atoms with Gasteiger partial charge in [0.25, 0.3) is 0 Å². The van der Waals surface area contributed by atoms with Crippen LogP contribution in [-0.2, 0) is 25.6 Å². The number of ether oxygens (including phenoxy) is 2. The van der Waals surface area contributed by atoms with Crippen molar-refractivity contribution in [3.63, 3.8) is 0 Å². The minimum Gasteiger partial charge on any atom is -0.466 e. The highest BCUT2D eigenvalue weighted by Crippen LogP contribution is 2.57. The Hall–Kier alpha value is -1.89. The number of carbonyl (C=O) groups is 2. The Balaban J connectivity index is 0.988. The molecule has 4 fully saturated rings. The minimum absolute atomic E-state index is 0.0113. The Morgan fingerprint density at radius 3 is 1.90 bits per heavy atom. The summed E-state index contributed by atoms with van der Waals surface area (Å²) >= 11 is 0. The molecule has 7 nitrogen and oxygen atoms in total. The maximum atomic E-state index is 12.6. The molecule has 5 rings (SSSR count). The maximum absolute atomic E-state index is 12.6. The van der Waals surface area contributed by atoms with Crippen molar-refractivity contribution in [2.24, 2.45) is 23.2 Å². The maximum Gasteiger partial charge on any atom is 0.305 e. The van der Waals surface area contributed by atoms with E-state index in [2.05, 4.69) is 27.6 Å². The van der Waals surface area contributed by atoms with E-state index in [1.807, 2.05) is 12.5 Å². The lowest BCUT2D eigenvalue weighted by Gasteiger charge is -2.44. The Labute approximate surface area is 306 Å². The Bertz CT molecular complexity index is 1020. The summed E-state index contributed by atoms with van der Waals surface area (Å²) in [6.07, 6.45) is 37.9. The van der Waals surface area contributed by atoms with E-state index in [0.717, 1.165) is 82.5 Å². The first-order chi connectivity index (χ1) is 24.5. The molecule has 0 N–H and O–H groups in total. The van der Waals surface area contributed by atoms with Crippen molar-refractivity contribution in [2.75, 3.05) is 32.8 Å². The predicted molar refractivity (Wildman–Crippen MR) is 204 cm³/mol. The van der Waals surface area contributed by atoms with Gasteiger partial charge in [0.2, 0.25) is 0 Å². The lowest BCUT2D eigenvalue weighted by atomic mass is 9.62. The highest BCUT2D eigenvalue weighted by molar-refractivity contribution is 5.69. The van der Waals surface area contributed by atoms with Gasteiger partial charge in [0.05, 0.1) is 19.5 Å². The topological polar surface area (TPSA) is 73.7 Å². The first-order valence-electron chi connectivity index (χ1n) is 21.5. The van der Waals surface area contributed by atoms with E-state index in [1.165, 1.54) is 122 Å². The fourth-order valence-corrected chi connectivity index (χ4v) is 9.61. The monoisotopic (exact) mass is 698 g/mol. The lowest BCUT2D eigenvalue weighted by Crippen LogP contribution is -2.37. The van der Waals surface area contributed by atoms with Gasteiger partial charge in [0, 0.05) is 37.2 Å². The molecule has 0 saturated heterocycles. The molecule has 0 spiro atoms. The van der Waals surface area contributed by atoms with Gasteiger partial charge < -0.3 is 18.9 Å². The third kappa shape index (κ3) is 16.6. The average molecular weight is 698 g/mol. The molecule has 286 valence electrons. The van der Waals surface area contributed by atoms with Crippen LogP contribution in [0, 0.1) is 23.2 Å². The van der Waals surface area contributed by atoms with Crippen LogP contribution in [-0.4, -0.2) is 59.2 Å². The third-order valence-corrected chi connectivity index (χ3v) is 12.2. The number of hydrogen-bond acceptors (Lipinski definition) is 6. The molecule has 0 amide bonds. The van der Waals surface area contributed by atoms with Gasteiger partial charge in [-0.2, -0.15) is 0 Å². The van der Waals surface area contributed by atoms with Crippen LogP contribution in [0.5, 0.6) is 0 Å². The van der Waals surface area contributed by atoms with Crippen molar-refractivity contribution in [1.29, 1.82) is 0 Å². The van der Waals surface area contributed by atoms with E-state index >= 15 is 0 Å². The summed E-state index contributed by atoms with van der Waals surface area (Å²) in [6.45, 7) is 7.98. The van der Waals surface area contributed by atoms with Crippen molar-refractivity contribution in [3.8, 4) is 0 Å². The van der Waals surface area contributed by atoms with Gasteiger partial charge in [-0.1, -0.05) is 84.0 Å². The van der Waals surface area contributed by atoms with Gasteiger partial charge in [-0.15, -0.1) is 0 Å². The van der Waals surface area contributed by atoms with E-state index in [4.69, 9.17) is 9.47 Å². The Kier molecular flexibility index (Phi) is 19.9. The minimum atomic E-state index is -0.0113. The van der Waals surface area contributed by atoms with E-state index in [-0.39, 0.29) is 11.9 Å². The molecule has 0 aromatic carbocycles. The smallest absolute Gasteiger partial charge is 0.305 e. The molecule has 4 bridgehead atoms. The predicted octanol–water partition coefficient (Wildman–Crippen LogP) is 10.7. The summed E-state index contributed by atoms with van der Waals surface area (Å²) in [5.74, 6) is 2.79. The van der Waals surface area contributed by atoms with Crippen LogP contribution in [0.2, 0.25) is 0 Å². The lowest BCUT2D eigenvalue weighted by molar-refractivity contribution is -0.149. The van der Waals surface area contributed by atoms with Crippen molar-refractivity contribution in [1.82, 2.24) is 14.5 Å². The van der Waals surface area contributed by atoms with Gasteiger partial charge >= 0.3 is 11.9 Å². The van der Waals surface area contributed by atoms with Crippen molar-refractivity contribution >= 4 is 11.9 Å². The highest BCUT2D eigenvalue weighted by atomic mass is 16.5. The summed E-state index contributed by atoms with van der Waals surface area (Å²) in [5, 5.41) is 0. The highest BCUT2D eigenvalue weighted by Gasteiger charge is 2.48. The summed E-state index contributed by atoms with van der Waals surface area (Å²) in [6, 6.07) is 0. The van der Waals surface area contributed by atoms with E-state index in [1.54, 1.807) is 0 Å². The van der Waals surface area contributed by atoms with Gasteiger partial charge in [-0.05, 0) is 121 Å². The van der Waals surface area contributed by atoms with Crippen LogP contribution in [0.25, 0.3) is 0 Å². The SMILES string of the molecule is CCCCCCCCCOC(=O)CCCCCCCN(CCCCCCCC(=O)OCC12CCC3CC(CC(C3)C1)C2)CCCn1ccnc1. The number of esters is 2. The zero-order valence-corrected chi connectivity index (χ0v) is 32.3. The number of rotatable bonds is 30. The van der Waals surface area contributed by atoms with E-state index in [0.29, 0.717) is 31.5 Å². The first-order valence-corrected chi connectivity index (χ1v) is 21.5. The van der Waals surface area contributed by atoms with Crippen LogP contribution in [0.1, 0.15) is 180 Å². The van der Waals surface area contributed by atoms with Gasteiger partial charge in [-0.25, -0.2) is 4.98 Å². The Morgan fingerprint density at radius 2 is 1.26 bits per heavy atom. The number of hydrogen-bond donors (Lipinski definition) is 0. The molecule has 1 heterocycles. The van der Waals surface area contributed by atoms with Crippen molar-refractivity contribution in [3.05, 3.63) is 18.7 Å². The van der Waals surface area contributed by atoms with E-state index in [9.17, 15) is 9.59 Å². The molecule has 0 aliphatic heterocycles. The van der Waals surface area contributed by atoms with Gasteiger partial charge in [-0.3, -0.25) is 9.59 Å². The molecule has 7 heteroatoms. The van der Waals surface area contributed by atoms with Crippen LogP contribution in [0.15, 0.2) is 18.7 Å². The molecule has 1 aromatic heterocycles. The average Bonchev–Trinajstić information content (AvgIpc) is 3.55. The van der Waals surface area contributed by atoms with E-state index < -0.39 is 0 Å². The van der Waals surface area contributed by atoms with Crippen LogP contribution in [0.3, 0.4) is 0 Å². The number of carbonyl (C=O) groups excluding carboxylic acids is 2. The number of unbranched alkanes of at least 4 members (excludes halogenated alkanes) is 14. The molecular formula is C43H75N3O4. The number of fused-ring (bicyclic) bond motifs is 1. The fraction of sp³-hybridized carbons (Fsp3) is 0.884. The molecule has 4 saturated carbocycles. The molecule has 4 aliphatic carbocycles. The number of aryl methyl sites for hydroxylation is 1. The summed E-state index contributed by atoms with van der Waals surface area (Å²) in [5.41, 5.74) is 0.307. The second-order valence-corrected chi connectivity index (χ2v) is 16.8. The largest absolute Gasteiger partial charge is 0.466 e. The number of imidazole rings is 1.